The number of carbonyl (C=O) groups is 6. The SMILES string of the molecule is Cc1cc(-c2ccc(NC(=O)c3cc(C(=O)Nc4ccc(-c5cc(C)c6ccccc6n5)cc4)cc(C(=O)Nc4ccc(-c5cc(C)c6cc(-c7ccc(-c8ccnc(-c9ccc(NC(=O)c%10cc(C(=O)Nc%11ccc(-c%12cc(-c%13ccccc%13)ccn%12)cc%11)cc(C(=O)Nc%11ccc(-c%12cc(-c%13ccccc%13)ccn%12)cc%11)c%10)cc9)c8)cc7)ccc6n5)cc4)c3)cc2)nc2ccccc12. The van der Waals surface area contributed by atoms with Gasteiger partial charge in [-0.15, -0.1) is 0 Å². The van der Waals surface area contributed by atoms with Crippen LogP contribution in [-0.4, -0.2) is 65.3 Å². The number of hydrogen-bond acceptors (Lipinski definition) is 12. The van der Waals surface area contributed by atoms with Gasteiger partial charge in [0, 0.05) is 136 Å². The predicted octanol–water partition coefficient (Wildman–Crippen LogP) is 26.6. The molecule has 14 aromatic carbocycles. The molecule has 18 heteroatoms. The first kappa shape index (κ1) is 84.7. The summed E-state index contributed by atoms with van der Waals surface area (Å²) in [6, 6.07) is 122. The van der Waals surface area contributed by atoms with Crippen LogP contribution in [0.15, 0.2) is 407 Å². The van der Waals surface area contributed by atoms with Gasteiger partial charge < -0.3 is 31.9 Å². The number of hydrogen-bond donors (Lipinski definition) is 6. The maximum Gasteiger partial charge on any atom is 0.255 e. The molecule has 0 spiro atoms. The summed E-state index contributed by atoms with van der Waals surface area (Å²) in [4.78, 5) is 115. The lowest BCUT2D eigenvalue weighted by molar-refractivity contribution is 0.100. The number of nitrogens with one attached hydrogen (secondary N) is 6. The predicted molar refractivity (Wildman–Crippen MR) is 541 cm³/mol. The van der Waals surface area contributed by atoms with E-state index in [1.807, 2.05) is 243 Å². The zero-order valence-corrected chi connectivity index (χ0v) is 73.3. The fraction of sp³-hybridized carbons (Fsp3) is 0.0256. The van der Waals surface area contributed by atoms with E-state index in [0.717, 1.165) is 156 Å². The molecule has 6 heterocycles. The van der Waals surface area contributed by atoms with Crippen LogP contribution in [0.2, 0.25) is 0 Å². The Labute approximate surface area is 777 Å². The van der Waals surface area contributed by atoms with Crippen LogP contribution in [0.1, 0.15) is 78.8 Å². The molecule has 0 saturated heterocycles. The number of nitrogens with zero attached hydrogens (tertiary/aromatic N) is 6. The average Bonchev–Trinajstić information content (AvgIpc) is 0.768. The Morgan fingerprint density at radius 1 is 0.178 bits per heavy atom. The summed E-state index contributed by atoms with van der Waals surface area (Å²) >= 11 is 0. The quantitative estimate of drug-likeness (QED) is 0.0371. The molecule has 0 bridgehead atoms. The van der Waals surface area contributed by atoms with E-state index in [1.54, 1.807) is 91.4 Å². The minimum absolute atomic E-state index is 0.0792. The standard InChI is InChI=1S/C117H82N12O6/c1-71-58-109(127-103-20-12-10-18-100(71)103)81-32-45-97(46-33-81)124-115(133)91-64-92(116(134)125-98-47-34-82(35-48-98)110-59-72(2)101-19-11-13-21-104(101)128-110)66-93(65-91)117(135)126-99-49-36-83(37-50-99)111-60-73(3)102-67-84(38-51-105(102)129-111)76-22-24-77(25-23-76)87-54-57-120-108(70-87)80-30-43-96(44-31-80)123-114(132)90-62-88(112(130)121-94-39-26-78(27-40-94)106-68-85(52-55-118-106)74-14-6-4-7-15-74)61-89(63-90)113(131)122-95-41-28-79(29-42-95)107-69-86(53-56-119-107)75-16-8-5-9-17-75/h4-70H,1-3H3,(H,121,130)(H,122,131)(H,123,132)(H,124,133)(H,125,134)(H,126,135). The van der Waals surface area contributed by atoms with E-state index in [0.29, 0.717) is 39.8 Å². The normalized spacial score (nSPS) is 11.1. The second-order valence-corrected chi connectivity index (χ2v) is 33.1. The maximum absolute atomic E-state index is 14.5. The van der Waals surface area contributed by atoms with E-state index in [9.17, 15) is 28.8 Å². The molecule has 0 atom stereocenters. The fourth-order valence-corrected chi connectivity index (χ4v) is 16.7. The fourth-order valence-electron chi connectivity index (χ4n) is 16.7. The number of rotatable bonds is 22. The number of anilines is 6. The summed E-state index contributed by atoms with van der Waals surface area (Å²) in [5.41, 5.74) is 27.1. The smallest absolute Gasteiger partial charge is 0.255 e. The number of aromatic nitrogens is 6. The van der Waals surface area contributed by atoms with Gasteiger partial charge in [0.05, 0.1) is 50.7 Å². The van der Waals surface area contributed by atoms with Crippen molar-refractivity contribution in [3.63, 3.8) is 0 Å². The van der Waals surface area contributed by atoms with Crippen molar-refractivity contribution in [3.05, 3.63) is 457 Å². The highest BCUT2D eigenvalue weighted by atomic mass is 16.2. The Morgan fingerprint density at radius 3 is 0.674 bits per heavy atom. The summed E-state index contributed by atoms with van der Waals surface area (Å²) in [7, 11) is 0. The Bertz CT molecular complexity index is 7700. The molecule has 0 radical (unpaired) electrons. The molecule has 0 aliphatic carbocycles. The Morgan fingerprint density at radius 2 is 0.393 bits per heavy atom. The van der Waals surface area contributed by atoms with Crippen molar-refractivity contribution >= 4 is 102 Å². The van der Waals surface area contributed by atoms with Gasteiger partial charge >= 0.3 is 0 Å². The molecule has 135 heavy (non-hydrogen) atoms. The summed E-state index contributed by atoms with van der Waals surface area (Å²) in [5.74, 6) is -3.19. The van der Waals surface area contributed by atoms with Gasteiger partial charge in [-0.2, -0.15) is 0 Å². The number of pyridine rings is 6. The molecule has 646 valence electrons. The van der Waals surface area contributed by atoms with Crippen LogP contribution in [0.4, 0.5) is 34.1 Å². The Hall–Kier alpha value is -18.4. The van der Waals surface area contributed by atoms with E-state index in [4.69, 9.17) is 19.9 Å². The van der Waals surface area contributed by atoms with Gasteiger partial charge in [-0.25, -0.2) is 15.0 Å². The van der Waals surface area contributed by atoms with Crippen molar-refractivity contribution in [1.82, 2.24) is 29.9 Å². The van der Waals surface area contributed by atoms with Gasteiger partial charge in [0.15, 0.2) is 0 Å². The molecule has 6 aromatic heterocycles. The molecule has 0 aliphatic heterocycles. The number of carbonyl (C=O) groups excluding carboxylic acids is 6. The van der Waals surface area contributed by atoms with Gasteiger partial charge in [0.2, 0.25) is 0 Å². The lowest BCUT2D eigenvalue weighted by atomic mass is 9.97. The van der Waals surface area contributed by atoms with Crippen LogP contribution < -0.4 is 31.9 Å². The number of amides is 6. The summed E-state index contributed by atoms with van der Waals surface area (Å²) in [5, 5.41) is 21.0. The average molecular weight is 1750 g/mol. The van der Waals surface area contributed by atoms with Crippen LogP contribution in [0.3, 0.4) is 0 Å². The lowest BCUT2D eigenvalue weighted by Crippen LogP contribution is -2.19. The first-order valence-corrected chi connectivity index (χ1v) is 44.0. The van der Waals surface area contributed by atoms with Gasteiger partial charge in [0.1, 0.15) is 0 Å². The molecule has 0 fully saturated rings. The zero-order valence-electron chi connectivity index (χ0n) is 73.3. The number of fused-ring (bicyclic) bond motifs is 3. The molecule has 20 rings (SSSR count). The van der Waals surface area contributed by atoms with E-state index in [2.05, 4.69) is 99.0 Å². The summed E-state index contributed by atoms with van der Waals surface area (Å²) < 4.78 is 0. The first-order chi connectivity index (χ1) is 66.0. The third-order valence-corrected chi connectivity index (χ3v) is 24.0. The third kappa shape index (κ3) is 18.9. The minimum Gasteiger partial charge on any atom is -0.322 e. The summed E-state index contributed by atoms with van der Waals surface area (Å²) in [6.07, 6.45) is 5.32. The maximum atomic E-state index is 14.5. The highest BCUT2D eigenvalue weighted by Gasteiger charge is 2.23. The van der Waals surface area contributed by atoms with Crippen molar-refractivity contribution in [2.45, 2.75) is 20.8 Å². The second-order valence-electron chi connectivity index (χ2n) is 33.1. The molecule has 6 N–H and O–H groups in total. The second kappa shape index (κ2) is 37.3. The zero-order chi connectivity index (χ0) is 92.0. The molecule has 0 saturated carbocycles. The number of para-hydroxylation sites is 2. The number of aryl methyl sites for hydroxylation is 3. The highest BCUT2D eigenvalue weighted by molar-refractivity contribution is 6.15. The van der Waals surface area contributed by atoms with Crippen LogP contribution >= 0.6 is 0 Å². The lowest BCUT2D eigenvalue weighted by Gasteiger charge is -2.13. The topological polar surface area (TPSA) is 252 Å². The molecular weight excluding hydrogens is 1670 g/mol. The van der Waals surface area contributed by atoms with Crippen molar-refractivity contribution < 1.29 is 28.8 Å². The number of benzene rings is 14. The minimum atomic E-state index is -0.543. The van der Waals surface area contributed by atoms with Crippen LogP contribution in [0.25, 0.3) is 145 Å². The monoisotopic (exact) mass is 1750 g/mol. The van der Waals surface area contributed by atoms with E-state index < -0.39 is 35.4 Å². The first-order valence-electron chi connectivity index (χ1n) is 44.0. The molecule has 18 nitrogen and oxygen atoms in total. The van der Waals surface area contributed by atoms with Crippen molar-refractivity contribution in [2.75, 3.05) is 31.9 Å². The van der Waals surface area contributed by atoms with E-state index in [-0.39, 0.29) is 33.4 Å². The molecular formula is C117H82N12O6. The van der Waals surface area contributed by atoms with Crippen LogP contribution in [0.5, 0.6) is 0 Å². The van der Waals surface area contributed by atoms with Crippen molar-refractivity contribution in [3.8, 4) is 112 Å². The molecule has 6 amide bonds. The Kier molecular flexibility index (Phi) is 23.4. The third-order valence-electron chi connectivity index (χ3n) is 24.0. The summed E-state index contributed by atoms with van der Waals surface area (Å²) in [6.45, 7) is 6.18. The largest absolute Gasteiger partial charge is 0.322 e. The molecule has 0 aliphatic rings. The molecule has 0 unspecified atom stereocenters. The van der Waals surface area contributed by atoms with Gasteiger partial charge in [-0.3, -0.25) is 43.7 Å². The van der Waals surface area contributed by atoms with E-state index >= 15 is 0 Å². The van der Waals surface area contributed by atoms with Crippen LogP contribution in [0, 0.1) is 20.8 Å². The van der Waals surface area contributed by atoms with Gasteiger partial charge in [-0.05, 0) is 270 Å². The van der Waals surface area contributed by atoms with Gasteiger partial charge in [0.25, 0.3) is 35.4 Å². The van der Waals surface area contributed by atoms with E-state index in [1.165, 1.54) is 36.4 Å². The van der Waals surface area contributed by atoms with Gasteiger partial charge in [-0.1, -0.05) is 200 Å². The van der Waals surface area contributed by atoms with Crippen molar-refractivity contribution in [2.24, 2.45) is 0 Å². The van der Waals surface area contributed by atoms with Crippen molar-refractivity contribution in [1.29, 1.82) is 0 Å². The molecule has 20 aromatic rings. The van der Waals surface area contributed by atoms with Crippen LogP contribution in [-0.2, 0) is 0 Å². The highest BCUT2D eigenvalue weighted by Crippen LogP contribution is 2.37. The Balaban J connectivity index is 0.494.